The van der Waals surface area contributed by atoms with Crippen LogP contribution in [0.4, 0.5) is 0 Å². The maximum atomic E-state index is 13.2. The van der Waals surface area contributed by atoms with Gasteiger partial charge in [-0.1, -0.05) is 27.7 Å². The molecule has 118 valence electrons. The molecule has 2 bridgehead atoms. The number of hydrogen-bond acceptors (Lipinski definition) is 3. The Balaban J connectivity index is 1.79. The number of carbonyl (C=O) groups is 2. The number of ether oxygens (including phenoxy) is 1. The summed E-state index contributed by atoms with van der Waals surface area (Å²) in [6.07, 6.45) is 5.13. The molecule has 0 heterocycles. The Morgan fingerprint density at radius 2 is 1.19 bits per heavy atom. The Labute approximate surface area is 127 Å². The average molecular weight is 292 g/mol. The summed E-state index contributed by atoms with van der Waals surface area (Å²) in [4.78, 5) is 25.3. The molecule has 4 saturated carbocycles. The first kappa shape index (κ1) is 15.1. The lowest BCUT2D eigenvalue weighted by atomic mass is 9.52. The van der Waals surface area contributed by atoms with Crippen LogP contribution in [0.3, 0.4) is 0 Å². The van der Waals surface area contributed by atoms with Crippen LogP contribution < -0.4 is 0 Å². The van der Waals surface area contributed by atoms with Crippen molar-refractivity contribution in [1.29, 1.82) is 0 Å². The summed E-state index contributed by atoms with van der Waals surface area (Å²) in [7, 11) is 1.48. The van der Waals surface area contributed by atoms with E-state index in [1.165, 1.54) is 7.11 Å². The molecule has 0 N–H and O–H groups in total. The molecule has 0 radical (unpaired) electrons. The summed E-state index contributed by atoms with van der Waals surface area (Å²) in [5.74, 6) is 0.611. The van der Waals surface area contributed by atoms with Crippen LogP contribution in [0.2, 0.25) is 0 Å². The van der Waals surface area contributed by atoms with Gasteiger partial charge in [-0.05, 0) is 49.4 Å². The smallest absolute Gasteiger partial charge is 0.311 e. The van der Waals surface area contributed by atoms with Crippen LogP contribution in [0.25, 0.3) is 0 Å². The standard InChI is InChI=1S/C18H28O3/c1-15(2)12(16(15,3)4)13(19)17-6-9-18(10-7-17,11-8-17)14(20)21-5/h12H,6-11H2,1-5H3. The highest BCUT2D eigenvalue weighted by Gasteiger charge is 2.71. The summed E-state index contributed by atoms with van der Waals surface area (Å²) in [5, 5.41) is 0. The van der Waals surface area contributed by atoms with Gasteiger partial charge in [0.05, 0.1) is 12.5 Å². The average Bonchev–Trinajstić information content (AvgIpc) is 2.88. The van der Waals surface area contributed by atoms with E-state index in [0.29, 0.717) is 5.78 Å². The van der Waals surface area contributed by atoms with Gasteiger partial charge in [-0.2, -0.15) is 0 Å². The molecule has 3 heteroatoms. The zero-order valence-electron chi connectivity index (χ0n) is 14.0. The summed E-state index contributed by atoms with van der Waals surface area (Å²) < 4.78 is 5.00. The van der Waals surface area contributed by atoms with Crippen molar-refractivity contribution in [2.45, 2.75) is 66.2 Å². The van der Waals surface area contributed by atoms with Crippen molar-refractivity contribution in [2.24, 2.45) is 27.6 Å². The molecule has 4 aliphatic rings. The summed E-state index contributed by atoms with van der Waals surface area (Å²) in [6.45, 7) is 8.88. The van der Waals surface area contributed by atoms with Crippen molar-refractivity contribution in [3.8, 4) is 0 Å². The zero-order valence-corrected chi connectivity index (χ0v) is 14.0. The number of ketones is 1. The lowest BCUT2D eigenvalue weighted by Gasteiger charge is -2.51. The van der Waals surface area contributed by atoms with E-state index >= 15 is 0 Å². The van der Waals surface area contributed by atoms with E-state index in [4.69, 9.17) is 4.74 Å². The second-order valence-corrected chi connectivity index (χ2v) is 8.79. The first-order chi connectivity index (χ1) is 9.63. The SMILES string of the molecule is COC(=O)C12CCC(C(=O)C3C(C)(C)C3(C)C)(CC1)CC2. The largest absolute Gasteiger partial charge is 0.469 e. The van der Waals surface area contributed by atoms with Crippen LogP contribution in [0.15, 0.2) is 0 Å². The topological polar surface area (TPSA) is 43.4 Å². The third kappa shape index (κ3) is 1.72. The first-order valence-electron chi connectivity index (χ1n) is 8.26. The highest BCUT2D eigenvalue weighted by atomic mass is 16.5. The molecule has 0 aliphatic heterocycles. The Kier molecular flexibility index (Phi) is 2.95. The molecule has 4 fully saturated rings. The van der Waals surface area contributed by atoms with Crippen LogP contribution in [0, 0.1) is 27.6 Å². The minimum atomic E-state index is -0.286. The molecule has 0 aromatic carbocycles. The predicted octanol–water partition coefficient (Wildman–Crippen LogP) is 3.75. The molecule has 0 aromatic heterocycles. The molecule has 0 atom stereocenters. The monoisotopic (exact) mass is 292 g/mol. The van der Waals surface area contributed by atoms with Crippen molar-refractivity contribution in [3.05, 3.63) is 0 Å². The molecular weight excluding hydrogens is 264 g/mol. The van der Waals surface area contributed by atoms with Gasteiger partial charge in [0.1, 0.15) is 5.78 Å². The summed E-state index contributed by atoms with van der Waals surface area (Å²) >= 11 is 0. The van der Waals surface area contributed by atoms with Gasteiger partial charge in [-0.25, -0.2) is 0 Å². The molecule has 3 nitrogen and oxygen atoms in total. The zero-order chi connectivity index (χ0) is 15.7. The van der Waals surface area contributed by atoms with Crippen LogP contribution in [0.1, 0.15) is 66.2 Å². The Morgan fingerprint density at radius 3 is 1.52 bits per heavy atom. The maximum Gasteiger partial charge on any atom is 0.311 e. The molecule has 0 spiro atoms. The fraction of sp³-hybridized carbons (Fsp3) is 0.889. The number of esters is 1. The van der Waals surface area contributed by atoms with E-state index in [-0.39, 0.29) is 33.5 Å². The first-order valence-corrected chi connectivity index (χ1v) is 8.26. The quantitative estimate of drug-likeness (QED) is 0.744. The number of Topliss-reactive ketones (excluding diaryl/α,β-unsaturated/α-hetero) is 1. The highest BCUT2D eigenvalue weighted by molar-refractivity contribution is 5.92. The lowest BCUT2D eigenvalue weighted by Crippen LogP contribution is -2.50. The maximum absolute atomic E-state index is 13.2. The minimum absolute atomic E-state index is 0.0599. The Morgan fingerprint density at radius 1 is 0.810 bits per heavy atom. The van der Waals surface area contributed by atoms with Crippen LogP contribution in [-0.4, -0.2) is 18.9 Å². The van der Waals surface area contributed by atoms with E-state index < -0.39 is 0 Å². The molecule has 4 rings (SSSR count). The van der Waals surface area contributed by atoms with Crippen LogP contribution in [-0.2, 0) is 14.3 Å². The minimum Gasteiger partial charge on any atom is -0.469 e. The Hall–Kier alpha value is -0.860. The second-order valence-electron chi connectivity index (χ2n) is 8.79. The molecule has 0 amide bonds. The van der Waals surface area contributed by atoms with E-state index in [1.54, 1.807) is 0 Å². The van der Waals surface area contributed by atoms with Gasteiger partial charge in [-0.3, -0.25) is 9.59 Å². The van der Waals surface area contributed by atoms with Gasteiger partial charge in [0, 0.05) is 11.3 Å². The van der Waals surface area contributed by atoms with E-state index in [0.717, 1.165) is 38.5 Å². The van der Waals surface area contributed by atoms with Crippen molar-refractivity contribution < 1.29 is 14.3 Å². The molecule has 0 aromatic rings. The van der Waals surface area contributed by atoms with Gasteiger partial charge in [-0.15, -0.1) is 0 Å². The Bertz CT molecular complexity index is 462. The molecule has 0 unspecified atom stereocenters. The second kappa shape index (κ2) is 4.11. The van der Waals surface area contributed by atoms with Crippen molar-refractivity contribution >= 4 is 11.8 Å². The van der Waals surface area contributed by atoms with Gasteiger partial charge < -0.3 is 4.74 Å². The lowest BCUT2D eigenvalue weighted by molar-refractivity contribution is -0.166. The van der Waals surface area contributed by atoms with E-state index in [1.807, 2.05) is 0 Å². The normalized spacial score (nSPS) is 39.9. The number of rotatable bonds is 3. The summed E-state index contributed by atoms with van der Waals surface area (Å²) in [5.41, 5.74) is -0.197. The molecule has 21 heavy (non-hydrogen) atoms. The molecular formula is C18H28O3. The number of fused-ring (bicyclic) bond motifs is 3. The summed E-state index contributed by atoms with van der Waals surface area (Å²) in [6, 6.07) is 0. The number of hydrogen-bond donors (Lipinski definition) is 0. The van der Waals surface area contributed by atoms with Gasteiger partial charge in [0.15, 0.2) is 0 Å². The molecule has 0 saturated heterocycles. The number of methoxy groups -OCH3 is 1. The van der Waals surface area contributed by atoms with E-state index in [2.05, 4.69) is 27.7 Å². The third-order valence-corrected chi connectivity index (χ3v) is 7.67. The fourth-order valence-corrected chi connectivity index (χ4v) is 5.24. The fourth-order valence-electron chi connectivity index (χ4n) is 5.24. The highest BCUT2D eigenvalue weighted by Crippen LogP contribution is 2.72. The van der Waals surface area contributed by atoms with Crippen LogP contribution >= 0.6 is 0 Å². The van der Waals surface area contributed by atoms with Gasteiger partial charge >= 0.3 is 5.97 Å². The van der Waals surface area contributed by atoms with Gasteiger partial charge in [0.25, 0.3) is 0 Å². The third-order valence-electron chi connectivity index (χ3n) is 7.67. The van der Waals surface area contributed by atoms with Crippen molar-refractivity contribution in [2.75, 3.05) is 7.11 Å². The van der Waals surface area contributed by atoms with Crippen molar-refractivity contribution in [1.82, 2.24) is 0 Å². The van der Waals surface area contributed by atoms with Crippen molar-refractivity contribution in [3.63, 3.8) is 0 Å². The predicted molar refractivity (Wildman–Crippen MR) is 80.6 cm³/mol. The molecule has 4 aliphatic carbocycles. The van der Waals surface area contributed by atoms with Gasteiger partial charge in [0.2, 0.25) is 0 Å². The van der Waals surface area contributed by atoms with Crippen LogP contribution in [0.5, 0.6) is 0 Å². The van der Waals surface area contributed by atoms with E-state index in [9.17, 15) is 9.59 Å². The number of carbonyl (C=O) groups excluding carboxylic acids is 2.